The maximum Gasteiger partial charge on any atom is 0.257 e. The number of nitrogens with zero attached hydrogens (tertiary/aromatic N) is 1. The number of aromatic nitrogens is 1. The smallest absolute Gasteiger partial charge is 0.257 e. The van der Waals surface area contributed by atoms with Gasteiger partial charge in [-0.2, -0.15) is 0 Å². The third kappa shape index (κ3) is 2.80. The molecule has 24 heavy (non-hydrogen) atoms. The number of aryl methyl sites for hydroxylation is 3. The molecule has 0 spiro atoms. The highest BCUT2D eigenvalue weighted by Crippen LogP contribution is 2.34. The van der Waals surface area contributed by atoms with Crippen LogP contribution in [0.15, 0.2) is 30.3 Å². The Labute approximate surface area is 149 Å². The highest BCUT2D eigenvalue weighted by atomic mass is 35.5. The Morgan fingerprint density at radius 1 is 1.17 bits per heavy atom. The first-order valence-electron chi connectivity index (χ1n) is 8.10. The van der Waals surface area contributed by atoms with Crippen molar-refractivity contribution in [3.05, 3.63) is 57.6 Å². The molecule has 1 aliphatic carbocycles. The second-order valence-corrected chi connectivity index (χ2v) is 7.61. The SMILES string of the molecule is Cc1ccc(Cl)c2sc(NC(=O)c3ccc4c(c3)CCCC4)nc12. The molecule has 0 saturated heterocycles. The Morgan fingerprint density at radius 2 is 1.96 bits per heavy atom. The minimum absolute atomic E-state index is 0.115. The van der Waals surface area contributed by atoms with E-state index in [2.05, 4.69) is 16.4 Å². The number of carbonyl (C=O) groups is 1. The van der Waals surface area contributed by atoms with Crippen LogP contribution in [0, 0.1) is 6.92 Å². The van der Waals surface area contributed by atoms with Crippen molar-refractivity contribution in [1.82, 2.24) is 4.98 Å². The number of hydrogen-bond donors (Lipinski definition) is 1. The Kier molecular flexibility index (Phi) is 4.02. The number of hydrogen-bond acceptors (Lipinski definition) is 3. The van der Waals surface area contributed by atoms with Crippen LogP contribution in [-0.2, 0) is 12.8 Å². The van der Waals surface area contributed by atoms with E-state index in [4.69, 9.17) is 11.6 Å². The molecule has 3 aromatic rings. The van der Waals surface area contributed by atoms with Gasteiger partial charge in [-0.1, -0.05) is 35.1 Å². The van der Waals surface area contributed by atoms with Crippen molar-refractivity contribution in [3.8, 4) is 0 Å². The number of thiazole rings is 1. The molecule has 0 aliphatic heterocycles. The molecule has 5 heteroatoms. The number of benzene rings is 2. The summed E-state index contributed by atoms with van der Waals surface area (Å²) in [6, 6.07) is 9.83. The van der Waals surface area contributed by atoms with Crippen molar-refractivity contribution in [1.29, 1.82) is 0 Å². The van der Waals surface area contributed by atoms with Crippen molar-refractivity contribution < 1.29 is 4.79 Å². The number of halogens is 1. The van der Waals surface area contributed by atoms with E-state index in [0.29, 0.717) is 15.7 Å². The molecular weight excluding hydrogens is 340 g/mol. The number of fused-ring (bicyclic) bond motifs is 2. The summed E-state index contributed by atoms with van der Waals surface area (Å²) in [5, 5.41) is 4.17. The quantitative estimate of drug-likeness (QED) is 0.668. The van der Waals surface area contributed by atoms with Gasteiger partial charge in [-0.05, 0) is 67.5 Å². The van der Waals surface area contributed by atoms with Gasteiger partial charge in [-0.25, -0.2) is 4.98 Å². The molecule has 1 aromatic heterocycles. The molecule has 0 radical (unpaired) electrons. The van der Waals surface area contributed by atoms with Gasteiger partial charge in [-0.3, -0.25) is 10.1 Å². The van der Waals surface area contributed by atoms with Gasteiger partial charge in [0.1, 0.15) is 0 Å². The molecule has 1 heterocycles. The zero-order valence-corrected chi connectivity index (χ0v) is 14.9. The standard InChI is InChI=1S/C19H17ClN2OS/c1-11-6-9-15(20)17-16(11)21-19(24-17)22-18(23)14-8-7-12-4-2-3-5-13(12)10-14/h6-10H,2-5H2,1H3,(H,21,22,23). The van der Waals surface area contributed by atoms with Gasteiger partial charge >= 0.3 is 0 Å². The van der Waals surface area contributed by atoms with E-state index in [1.807, 2.05) is 31.2 Å². The molecule has 0 fully saturated rings. The lowest BCUT2D eigenvalue weighted by molar-refractivity contribution is 0.102. The molecule has 0 unspecified atom stereocenters. The zero-order chi connectivity index (χ0) is 16.7. The monoisotopic (exact) mass is 356 g/mol. The highest BCUT2D eigenvalue weighted by molar-refractivity contribution is 7.23. The Hall–Kier alpha value is -1.91. The fourth-order valence-electron chi connectivity index (χ4n) is 3.20. The van der Waals surface area contributed by atoms with Gasteiger partial charge in [0.25, 0.3) is 5.91 Å². The third-order valence-corrected chi connectivity index (χ3v) is 5.96. The van der Waals surface area contributed by atoms with Crippen LogP contribution in [0.1, 0.15) is 39.9 Å². The lowest BCUT2D eigenvalue weighted by Crippen LogP contribution is -2.13. The molecule has 0 bridgehead atoms. The molecule has 1 aliphatic rings. The summed E-state index contributed by atoms with van der Waals surface area (Å²) in [4.78, 5) is 17.1. The number of rotatable bonds is 2. The van der Waals surface area contributed by atoms with Crippen LogP contribution in [0.3, 0.4) is 0 Å². The van der Waals surface area contributed by atoms with Crippen LogP contribution >= 0.6 is 22.9 Å². The topological polar surface area (TPSA) is 42.0 Å². The number of amides is 1. The van der Waals surface area contributed by atoms with Crippen molar-refractivity contribution in [3.63, 3.8) is 0 Å². The molecule has 122 valence electrons. The predicted octanol–water partition coefficient (Wildman–Crippen LogP) is 5.39. The predicted molar refractivity (Wildman–Crippen MR) is 100 cm³/mol. The maximum atomic E-state index is 12.6. The Bertz CT molecular complexity index is 909. The first kappa shape index (κ1) is 15.6. The maximum absolute atomic E-state index is 12.6. The summed E-state index contributed by atoms with van der Waals surface area (Å²) in [5.41, 5.74) is 5.28. The summed E-state index contributed by atoms with van der Waals surface area (Å²) in [7, 11) is 0. The molecule has 0 atom stereocenters. The highest BCUT2D eigenvalue weighted by Gasteiger charge is 2.15. The largest absolute Gasteiger partial charge is 0.298 e. The second-order valence-electron chi connectivity index (χ2n) is 6.21. The number of anilines is 1. The fraction of sp³-hybridized carbons (Fsp3) is 0.263. The molecule has 4 rings (SSSR count). The van der Waals surface area contributed by atoms with E-state index in [1.165, 1.54) is 35.3 Å². The lowest BCUT2D eigenvalue weighted by Gasteiger charge is -2.16. The average Bonchev–Trinajstić information content (AvgIpc) is 3.03. The van der Waals surface area contributed by atoms with Gasteiger partial charge in [0.15, 0.2) is 5.13 Å². The van der Waals surface area contributed by atoms with Crippen molar-refractivity contribution in [2.75, 3.05) is 5.32 Å². The lowest BCUT2D eigenvalue weighted by atomic mass is 9.90. The van der Waals surface area contributed by atoms with Crippen molar-refractivity contribution in [2.24, 2.45) is 0 Å². The minimum Gasteiger partial charge on any atom is -0.298 e. The summed E-state index contributed by atoms with van der Waals surface area (Å²) in [6.07, 6.45) is 4.62. The molecular formula is C19H17ClN2OS. The van der Waals surface area contributed by atoms with Crippen LogP contribution in [-0.4, -0.2) is 10.9 Å². The van der Waals surface area contributed by atoms with Gasteiger partial charge in [0.05, 0.1) is 15.2 Å². The number of carbonyl (C=O) groups excluding carboxylic acids is 1. The van der Waals surface area contributed by atoms with Gasteiger partial charge in [0.2, 0.25) is 0 Å². The van der Waals surface area contributed by atoms with Crippen molar-refractivity contribution >= 4 is 44.2 Å². The van der Waals surface area contributed by atoms with Crippen LogP contribution in [0.4, 0.5) is 5.13 Å². The summed E-state index contributed by atoms with van der Waals surface area (Å²) in [6.45, 7) is 1.99. The van der Waals surface area contributed by atoms with Crippen molar-refractivity contribution in [2.45, 2.75) is 32.6 Å². The summed E-state index contributed by atoms with van der Waals surface area (Å²) in [5.74, 6) is -0.115. The molecule has 1 N–H and O–H groups in total. The zero-order valence-electron chi connectivity index (χ0n) is 13.4. The van der Waals surface area contributed by atoms with Crippen LogP contribution < -0.4 is 5.32 Å². The van der Waals surface area contributed by atoms with E-state index in [-0.39, 0.29) is 5.91 Å². The first-order valence-corrected chi connectivity index (χ1v) is 9.30. The molecule has 0 saturated carbocycles. The molecule has 3 nitrogen and oxygen atoms in total. The Balaban J connectivity index is 1.62. The van der Waals surface area contributed by atoms with E-state index in [1.54, 1.807) is 0 Å². The van der Waals surface area contributed by atoms with Crippen LogP contribution in [0.25, 0.3) is 10.2 Å². The average molecular weight is 357 g/mol. The van der Waals surface area contributed by atoms with E-state index >= 15 is 0 Å². The van der Waals surface area contributed by atoms with Gasteiger partial charge < -0.3 is 0 Å². The Morgan fingerprint density at radius 3 is 2.75 bits per heavy atom. The first-order chi connectivity index (χ1) is 11.6. The normalized spacial score (nSPS) is 13.8. The molecule has 1 amide bonds. The van der Waals surface area contributed by atoms with E-state index < -0.39 is 0 Å². The minimum atomic E-state index is -0.115. The van der Waals surface area contributed by atoms with Gasteiger partial charge in [0, 0.05) is 5.56 Å². The summed E-state index contributed by atoms with van der Waals surface area (Å²) < 4.78 is 0.914. The molecule has 2 aromatic carbocycles. The van der Waals surface area contributed by atoms with Crippen LogP contribution in [0.5, 0.6) is 0 Å². The summed E-state index contributed by atoms with van der Waals surface area (Å²) >= 11 is 7.65. The van der Waals surface area contributed by atoms with Gasteiger partial charge in [-0.15, -0.1) is 0 Å². The third-order valence-electron chi connectivity index (χ3n) is 4.53. The van der Waals surface area contributed by atoms with Crippen LogP contribution in [0.2, 0.25) is 5.02 Å². The van der Waals surface area contributed by atoms with E-state index in [0.717, 1.165) is 28.6 Å². The number of nitrogens with one attached hydrogen (secondary N) is 1. The second kappa shape index (κ2) is 6.19. The fourth-order valence-corrected chi connectivity index (χ4v) is 4.41. The van der Waals surface area contributed by atoms with E-state index in [9.17, 15) is 4.79 Å².